The molecule has 2 rings (SSSR count). The Balaban J connectivity index is 2.26. The molecule has 0 heterocycles. The van der Waals surface area contributed by atoms with Gasteiger partial charge in [0, 0.05) is 19.2 Å². The first-order valence-electron chi connectivity index (χ1n) is 7.32. The second kappa shape index (κ2) is 7.46. The summed E-state index contributed by atoms with van der Waals surface area (Å²) in [5.41, 5.74) is 2.34. The molecule has 0 spiro atoms. The number of sulfonamides is 1. The van der Waals surface area contributed by atoms with Crippen molar-refractivity contribution >= 4 is 21.6 Å². The Bertz CT molecular complexity index is 830. The number of methoxy groups -OCH3 is 1. The smallest absolute Gasteiger partial charge is 0.244 e. The summed E-state index contributed by atoms with van der Waals surface area (Å²) >= 11 is 0. The Morgan fingerprint density at radius 3 is 2.38 bits per heavy atom. The maximum atomic E-state index is 12.6. The van der Waals surface area contributed by atoms with Crippen LogP contribution in [0.5, 0.6) is 5.75 Å². The van der Waals surface area contributed by atoms with Crippen LogP contribution in [0, 0.1) is 6.92 Å². The van der Waals surface area contributed by atoms with Gasteiger partial charge < -0.3 is 10.1 Å². The van der Waals surface area contributed by atoms with E-state index in [9.17, 15) is 13.2 Å². The summed E-state index contributed by atoms with van der Waals surface area (Å²) < 4.78 is 32.8. The summed E-state index contributed by atoms with van der Waals surface area (Å²) in [7, 11) is -2.40. The van der Waals surface area contributed by atoms with Gasteiger partial charge in [0.2, 0.25) is 15.9 Å². The van der Waals surface area contributed by atoms with Crippen molar-refractivity contribution in [2.75, 3.05) is 12.4 Å². The molecule has 24 heavy (non-hydrogen) atoms. The average molecular weight is 348 g/mol. The van der Waals surface area contributed by atoms with Crippen LogP contribution in [0.3, 0.4) is 0 Å². The second-order valence-electron chi connectivity index (χ2n) is 5.36. The Morgan fingerprint density at radius 2 is 1.79 bits per heavy atom. The number of benzene rings is 2. The summed E-state index contributed by atoms with van der Waals surface area (Å²) in [5.74, 6) is -0.0726. The minimum absolute atomic E-state index is 0.0247. The van der Waals surface area contributed by atoms with E-state index in [2.05, 4.69) is 10.0 Å². The van der Waals surface area contributed by atoms with E-state index >= 15 is 0 Å². The van der Waals surface area contributed by atoms with Gasteiger partial charge in [-0.2, -0.15) is 0 Å². The van der Waals surface area contributed by atoms with Crippen LogP contribution >= 0.6 is 0 Å². The first-order chi connectivity index (χ1) is 11.3. The van der Waals surface area contributed by atoms with E-state index in [4.69, 9.17) is 4.74 Å². The fourth-order valence-corrected chi connectivity index (χ4v) is 3.34. The van der Waals surface area contributed by atoms with Gasteiger partial charge >= 0.3 is 0 Å². The first kappa shape index (κ1) is 18.0. The van der Waals surface area contributed by atoms with Crippen LogP contribution in [0.15, 0.2) is 47.4 Å². The van der Waals surface area contributed by atoms with E-state index in [1.165, 1.54) is 26.2 Å². The monoisotopic (exact) mass is 348 g/mol. The van der Waals surface area contributed by atoms with Crippen LogP contribution in [0.4, 0.5) is 5.69 Å². The van der Waals surface area contributed by atoms with Crippen molar-refractivity contribution in [3.8, 4) is 5.75 Å². The first-order valence-corrected chi connectivity index (χ1v) is 8.81. The molecule has 1 amide bonds. The third kappa shape index (κ3) is 4.56. The van der Waals surface area contributed by atoms with Crippen molar-refractivity contribution < 1.29 is 17.9 Å². The summed E-state index contributed by atoms with van der Waals surface area (Å²) in [5, 5.41) is 2.56. The van der Waals surface area contributed by atoms with Crippen LogP contribution in [0.2, 0.25) is 0 Å². The minimum Gasteiger partial charge on any atom is -0.495 e. The molecule has 2 N–H and O–H groups in total. The number of amides is 1. The van der Waals surface area contributed by atoms with Gasteiger partial charge in [0.05, 0.1) is 7.11 Å². The second-order valence-corrected chi connectivity index (χ2v) is 7.09. The molecule has 0 aliphatic heterocycles. The molecule has 2 aromatic carbocycles. The van der Waals surface area contributed by atoms with Gasteiger partial charge in [0.15, 0.2) is 0 Å². The predicted molar refractivity (Wildman–Crippen MR) is 92.5 cm³/mol. The van der Waals surface area contributed by atoms with Crippen LogP contribution in [0.1, 0.15) is 18.1 Å². The number of carbonyl (C=O) groups excluding carboxylic acids is 1. The lowest BCUT2D eigenvalue weighted by molar-refractivity contribution is -0.114. The molecule has 0 unspecified atom stereocenters. The number of anilines is 1. The van der Waals surface area contributed by atoms with Crippen molar-refractivity contribution in [1.29, 1.82) is 0 Å². The number of rotatable bonds is 6. The van der Waals surface area contributed by atoms with E-state index in [1.807, 2.05) is 31.2 Å². The molecule has 0 radical (unpaired) electrons. The van der Waals surface area contributed by atoms with Crippen LogP contribution < -0.4 is 14.8 Å². The van der Waals surface area contributed by atoms with Gasteiger partial charge in [0.25, 0.3) is 0 Å². The zero-order valence-electron chi connectivity index (χ0n) is 13.8. The molecule has 0 fully saturated rings. The molecule has 2 aromatic rings. The lowest BCUT2D eigenvalue weighted by Gasteiger charge is -2.13. The minimum atomic E-state index is -3.80. The fraction of sp³-hybridized carbons (Fsp3) is 0.235. The zero-order valence-corrected chi connectivity index (χ0v) is 14.6. The standard InChI is InChI=1S/C17H20N2O4S/c1-12-4-6-14(7-5-12)11-18-24(21,22)17-10-15(19-13(2)20)8-9-16(17)23-3/h4-10,18H,11H2,1-3H3,(H,19,20). The van der Waals surface area contributed by atoms with E-state index < -0.39 is 10.0 Å². The van der Waals surface area contributed by atoms with Crippen molar-refractivity contribution in [1.82, 2.24) is 4.72 Å². The van der Waals surface area contributed by atoms with Crippen LogP contribution in [0.25, 0.3) is 0 Å². The highest BCUT2D eigenvalue weighted by Crippen LogP contribution is 2.27. The van der Waals surface area contributed by atoms with E-state index in [1.54, 1.807) is 6.07 Å². The maximum absolute atomic E-state index is 12.6. The average Bonchev–Trinajstić information content (AvgIpc) is 2.54. The van der Waals surface area contributed by atoms with Crippen molar-refractivity contribution in [2.24, 2.45) is 0 Å². The van der Waals surface area contributed by atoms with Gasteiger partial charge in [-0.05, 0) is 30.7 Å². The molecule has 0 aliphatic rings. The fourth-order valence-electron chi connectivity index (χ4n) is 2.13. The molecule has 0 saturated heterocycles. The number of nitrogens with one attached hydrogen (secondary N) is 2. The Hall–Kier alpha value is -2.38. The highest BCUT2D eigenvalue weighted by Gasteiger charge is 2.20. The molecule has 6 nitrogen and oxygen atoms in total. The van der Waals surface area contributed by atoms with E-state index in [0.29, 0.717) is 5.69 Å². The van der Waals surface area contributed by atoms with Crippen LogP contribution in [-0.4, -0.2) is 21.4 Å². The van der Waals surface area contributed by atoms with Gasteiger partial charge in [-0.1, -0.05) is 29.8 Å². The molecular formula is C17H20N2O4S. The molecular weight excluding hydrogens is 328 g/mol. The van der Waals surface area contributed by atoms with Crippen LogP contribution in [-0.2, 0) is 21.4 Å². The molecule has 0 aliphatic carbocycles. The van der Waals surface area contributed by atoms with Gasteiger partial charge in [-0.25, -0.2) is 13.1 Å². The van der Waals surface area contributed by atoms with Crippen molar-refractivity contribution in [2.45, 2.75) is 25.3 Å². The topological polar surface area (TPSA) is 84.5 Å². The highest BCUT2D eigenvalue weighted by molar-refractivity contribution is 7.89. The number of hydrogen-bond acceptors (Lipinski definition) is 4. The Kier molecular flexibility index (Phi) is 5.58. The van der Waals surface area contributed by atoms with E-state index in [-0.39, 0.29) is 23.1 Å². The lowest BCUT2D eigenvalue weighted by atomic mass is 10.2. The van der Waals surface area contributed by atoms with Crippen molar-refractivity contribution in [3.05, 3.63) is 53.6 Å². The normalized spacial score (nSPS) is 11.1. The maximum Gasteiger partial charge on any atom is 0.244 e. The molecule has 0 aromatic heterocycles. The quantitative estimate of drug-likeness (QED) is 0.840. The third-order valence-corrected chi connectivity index (χ3v) is 4.78. The highest BCUT2D eigenvalue weighted by atomic mass is 32.2. The summed E-state index contributed by atoms with van der Waals surface area (Å²) in [6, 6.07) is 12.0. The number of hydrogen-bond donors (Lipinski definition) is 2. The number of aryl methyl sites for hydroxylation is 1. The van der Waals surface area contributed by atoms with Gasteiger partial charge in [0.1, 0.15) is 10.6 Å². The summed E-state index contributed by atoms with van der Waals surface area (Å²) in [4.78, 5) is 11.1. The number of carbonyl (C=O) groups is 1. The van der Waals surface area contributed by atoms with Crippen molar-refractivity contribution in [3.63, 3.8) is 0 Å². The molecule has 128 valence electrons. The molecule has 0 bridgehead atoms. The summed E-state index contributed by atoms with van der Waals surface area (Å²) in [6.07, 6.45) is 0. The summed E-state index contributed by atoms with van der Waals surface area (Å²) in [6.45, 7) is 3.48. The Labute approximate surface area is 141 Å². The number of ether oxygens (including phenoxy) is 1. The van der Waals surface area contributed by atoms with Gasteiger partial charge in [-0.15, -0.1) is 0 Å². The zero-order chi connectivity index (χ0) is 17.7. The largest absolute Gasteiger partial charge is 0.495 e. The predicted octanol–water partition coefficient (Wildman–Crippen LogP) is 2.44. The SMILES string of the molecule is COc1ccc(NC(C)=O)cc1S(=O)(=O)NCc1ccc(C)cc1. The third-order valence-electron chi connectivity index (χ3n) is 3.36. The van der Waals surface area contributed by atoms with E-state index in [0.717, 1.165) is 11.1 Å². The van der Waals surface area contributed by atoms with Gasteiger partial charge in [-0.3, -0.25) is 4.79 Å². The molecule has 0 atom stereocenters. The molecule has 0 saturated carbocycles. The molecule has 7 heteroatoms. The Morgan fingerprint density at radius 1 is 1.12 bits per heavy atom. The lowest BCUT2D eigenvalue weighted by Crippen LogP contribution is -2.24.